The van der Waals surface area contributed by atoms with Crippen molar-refractivity contribution in [2.75, 3.05) is 26.9 Å². The number of carbonyl (C=O) groups excluding carboxylic acids is 2. The fourth-order valence-corrected chi connectivity index (χ4v) is 2.40. The van der Waals surface area contributed by atoms with Gasteiger partial charge in [0.1, 0.15) is 0 Å². The molecule has 1 aliphatic rings. The number of morpholine rings is 1. The van der Waals surface area contributed by atoms with Crippen molar-refractivity contribution in [2.24, 2.45) is 0 Å². The average Bonchev–Trinajstić information content (AvgIpc) is 2.91. The van der Waals surface area contributed by atoms with Crippen LogP contribution in [-0.4, -0.2) is 49.7 Å². The van der Waals surface area contributed by atoms with Crippen LogP contribution >= 0.6 is 11.3 Å². The number of thiophene rings is 1. The van der Waals surface area contributed by atoms with Crippen molar-refractivity contribution in [2.45, 2.75) is 6.04 Å². The van der Waals surface area contributed by atoms with E-state index in [1.54, 1.807) is 6.07 Å². The molecule has 0 spiro atoms. The Hall–Kier alpha value is -1.40. The molecule has 1 aliphatic heterocycles. The van der Waals surface area contributed by atoms with Crippen molar-refractivity contribution in [3.05, 3.63) is 22.4 Å². The van der Waals surface area contributed by atoms with Crippen LogP contribution in [-0.2, 0) is 14.3 Å². The molecule has 6 heteroatoms. The molecule has 17 heavy (non-hydrogen) atoms. The first-order chi connectivity index (χ1) is 8.24. The third kappa shape index (κ3) is 2.48. The number of hydrogen-bond acceptors (Lipinski definition) is 5. The maximum atomic E-state index is 12.2. The molecule has 1 aromatic rings. The monoisotopic (exact) mass is 255 g/mol. The smallest absolute Gasteiger partial charge is 0.331 e. The van der Waals surface area contributed by atoms with Gasteiger partial charge in [0.25, 0.3) is 5.91 Å². The van der Waals surface area contributed by atoms with E-state index in [0.29, 0.717) is 18.0 Å². The lowest BCUT2D eigenvalue weighted by molar-refractivity contribution is -0.151. The van der Waals surface area contributed by atoms with Crippen LogP contribution in [0.15, 0.2) is 17.5 Å². The lowest BCUT2D eigenvalue weighted by Crippen LogP contribution is -2.52. The number of rotatable bonds is 2. The maximum absolute atomic E-state index is 12.2. The van der Waals surface area contributed by atoms with Crippen molar-refractivity contribution in [3.63, 3.8) is 0 Å². The van der Waals surface area contributed by atoms with Gasteiger partial charge in [-0.15, -0.1) is 11.3 Å². The highest BCUT2D eigenvalue weighted by Crippen LogP contribution is 2.17. The van der Waals surface area contributed by atoms with Gasteiger partial charge in [0.15, 0.2) is 6.04 Å². The third-order valence-corrected chi connectivity index (χ3v) is 3.45. The SMILES string of the molecule is COC(=O)C1COCCN1C(=O)c1cccs1. The summed E-state index contributed by atoms with van der Waals surface area (Å²) >= 11 is 1.36. The van der Waals surface area contributed by atoms with Gasteiger partial charge in [0.2, 0.25) is 0 Å². The number of ether oxygens (including phenoxy) is 2. The molecule has 92 valence electrons. The first-order valence-corrected chi connectivity index (χ1v) is 6.12. The molecule has 0 bridgehead atoms. The Bertz CT molecular complexity index is 404. The summed E-state index contributed by atoms with van der Waals surface area (Å²) in [6.45, 7) is 1.06. The van der Waals surface area contributed by atoms with Crippen molar-refractivity contribution in [1.29, 1.82) is 0 Å². The second-order valence-electron chi connectivity index (χ2n) is 3.59. The van der Waals surface area contributed by atoms with E-state index >= 15 is 0 Å². The molecule has 5 nitrogen and oxygen atoms in total. The first kappa shape index (κ1) is 12.1. The van der Waals surface area contributed by atoms with Crippen molar-refractivity contribution >= 4 is 23.2 Å². The van der Waals surface area contributed by atoms with Crippen LogP contribution in [0.25, 0.3) is 0 Å². The van der Waals surface area contributed by atoms with Gasteiger partial charge in [-0.2, -0.15) is 0 Å². The quantitative estimate of drug-likeness (QED) is 0.732. The summed E-state index contributed by atoms with van der Waals surface area (Å²) in [5.74, 6) is -0.576. The first-order valence-electron chi connectivity index (χ1n) is 5.24. The Morgan fingerprint density at radius 1 is 1.59 bits per heavy atom. The summed E-state index contributed by atoms with van der Waals surface area (Å²) < 4.78 is 9.89. The molecule has 1 amide bonds. The molecule has 0 aliphatic carbocycles. The molecule has 2 heterocycles. The highest BCUT2D eigenvalue weighted by Gasteiger charge is 2.34. The van der Waals surface area contributed by atoms with Gasteiger partial charge in [0.05, 0.1) is 25.2 Å². The van der Waals surface area contributed by atoms with Gasteiger partial charge in [-0.25, -0.2) is 4.79 Å². The Balaban J connectivity index is 2.16. The van der Waals surface area contributed by atoms with Crippen LogP contribution < -0.4 is 0 Å². The molecule has 1 fully saturated rings. The standard InChI is InChI=1S/C11H13NO4S/c1-15-11(14)8-7-16-5-4-12(8)10(13)9-3-2-6-17-9/h2-3,6,8H,4-5,7H2,1H3. The Morgan fingerprint density at radius 2 is 2.41 bits per heavy atom. The van der Waals surface area contributed by atoms with Gasteiger partial charge in [-0.05, 0) is 11.4 Å². The normalized spacial score (nSPS) is 20.1. The van der Waals surface area contributed by atoms with Crippen LogP contribution in [0.1, 0.15) is 9.67 Å². The molecular weight excluding hydrogens is 242 g/mol. The molecule has 1 aromatic heterocycles. The molecule has 0 radical (unpaired) electrons. The highest BCUT2D eigenvalue weighted by atomic mass is 32.1. The number of esters is 1. The Morgan fingerprint density at radius 3 is 3.06 bits per heavy atom. The van der Waals surface area contributed by atoms with Crippen molar-refractivity contribution in [3.8, 4) is 0 Å². The zero-order valence-electron chi connectivity index (χ0n) is 9.42. The van der Waals surface area contributed by atoms with E-state index in [2.05, 4.69) is 4.74 Å². The third-order valence-electron chi connectivity index (χ3n) is 2.59. The van der Waals surface area contributed by atoms with E-state index in [1.807, 2.05) is 11.4 Å². The van der Waals surface area contributed by atoms with E-state index in [1.165, 1.54) is 23.3 Å². The fourth-order valence-electron chi connectivity index (χ4n) is 1.72. The lowest BCUT2D eigenvalue weighted by atomic mass is 10.2. The minimum Gasteiger partial charge on any atom is -0.467 e. The minimum atomic E-state index is -0.636. The van der Waals surface area contributed by atoms with Gasteiger partial charge in [0, 0.05) is 6.54 Å². The van der Waals surface area contributed by atoms with Crippen LogP contribution in [0, 0.1) is 0 Å². The van der Waals surface area contributed by atoms with Gasteiger partial charge < -0.3 is 14.4 Å². The second kappa shape index (κ2) is 5.29. The molecule has 1 saturated heterocycles. The van der Waals surface area contributed by atoms with Crippen LogP contribution in [0.2, 0.25) is 0 Å². The molecule has 1 unspecified atom stereocenters. The van der Waals surface area contributed by atoms with Gasteiger partial charge in [-0.1, -0.05) is 6.07 Å². The largest absolute Gasteiger partial charge is 0.467 e. The fraction of sp³-hybridized carbons (Fsp3) is 0.455. The Kier molecular flexibility index (Phi) is 3.75. The van der Waals surface area contributed by atoms with Gasteiger partial charge >= 0.3 is 5.97 Å². The number of hydrogen-bond donors (Lipinski definition) is 0. The van der Waals surface area contributed by atoms with E-state index in [4.69, 9.17) is 4.74 Å². The van der Waals surface area contributed by atoms with Crippen molar-refractivity contribution < 1.29 is 19.1 Å². The minimum absolute atomic E-state index is 0.140. The average molecular weight is 255 g/mol. The Labute approximate surface area is 103 Å². The highest BCUT2D eigenvalue weighted by molar-refractivity contribution is 7.12. The van der Waals surface area contributed by atoms with Crippen molar-refractivity contribution in [1.82, 2.24) is 4.90 Å². The van der Waals surface area contributed by atoms with E-state index in [0.717, 1.165) is 0 Å². The van der Waals surface area contributed by atoms with Gasteiger partial charge in [-0.3, -0.25) is 4.79 Å². The summed E-state index contributed by atoms with van der Waals surface area (Å²) in [5.41, 5.74) is 0. The zero-order chi connectivity index (χ0) is 12.3. The second-order valence-corrected chi connectivity index (χ2v) is 4.54. The summed E-state index contributed by atoms with van der Waals surface area (Å²) in [4.78, 5) is 25.9. The number of methoxy groups -OCH3 is 1. The molecular formula is C11H13NO4S. The van der Waals surface area contributed by atoms with Crippen LogP contribution in [0.3, 0.4) is 0 Å². The topological polar surface area (TPSA) is 55.8 Å². The molecule has 2 rings (SSSR count). The predicted octanol–water partition coefficient (Wildman–Crippen LogP) is 0.762. The number of nitrogens with zero attached hydrogens (tertiary/aromatic N) is 1. The molecule has 0 aromatic carbocycles. The van der Waals surface area contributed by atoms with E-state index < -0.39 is 12.0 Å². The summed E-state index contributed by atoms with van der Waals surface area (Å²) in [7, 11) is 1.31. The zero-order valence-corrected chi connectivity index (χ0v) is 10.2. The summed E-state index contributed by atoms with van der Waals surface area (Å²) in [6.07, 6.45) is 0. The van der Waals surface area contributed by atoms with Crippen LogP contribution in [0.4, 0.5) is 0 Å². The maximum Gasteiger partial charge on any atom is 0.331 e. The molecule has 0 saturated carbocycles. The van der Waals surface area contributed by atoms with E-state index in [9.17, 15) is 9.59 Å². The number of amides is 1. The van der Waals surface area contributed by atoms with Crippen LogP contribution in [0.5, 0.6) is 0 Å². The molecule has 0 N–H and O–H groups in total. The number of carbonyl (C=O) groups is 2. The predicted molar refractivity (Wildman–Crippen MR) is 62.0 cm³/mol. The summed E-state index contributed by atoms with van der Waals surface area (Å²) in [5, 5.41) is 1.83. The van der Waals surface area contributed by atoms with E-state index in [-0.39, 0.29) is 12.5 Å². The molecule has 1 atom stereocenters. The summed E-state index contributed by atoms with van der Waals surface area (Å²) in [6, 6.07) is 2.92. The lowest BCUT2D eigenvalue weighted by Gasteiger charge is -2.33.